The first-order chi connectivity index (χ1) is 25.3. The molecule has 2 nitrogen and oxygen atoms in total. The summed E-state index contributed by atoms with van der Waals surface area (Å²) in [4.78, 5) is 5.10. The highest BCUT2D eigenvalue weighted by atomic mass is 15.1. The number of benzene rings is 8. The first kappa shape index (κ1) is 19.3. The fraction of sp³-hybridized carbons (Fsp3) is 0. The number of para-hydroxylation sites is 3. The quantitative estimate of drug-likeness (QED) is 0.190. The molecule has 0 aliphatic carbocycles. The van der Waals surface area contributed by atoms with Crippen molar-refractivity contribution in [1.82, 2.24) is 9.55 Å². The smallest absolute Gasteiger partial charge is 0.145 e. The van der Waals surface area contributed by atoms with Crippen LogP contribution in [0.15, 0.2) is 170 Å². The van der Waals surface area contributed by atoms with Gasteiger partial charge >= 0.3 is 0 Å². The van der Waals surface area contributed by atoms with Gasteiger partial charge in [-0.05, 0) is 73.2 Å². The van der Waals surface area contributed by atoms with Crippen molar-refractivity contribution in [3.8, 4) is 39.3 Å². The van der Waals surface area contributed by atoms with Crippen molar-refractivity contribution in [1.29, 1.82) is 0 Å². The van der Waals surface area contributed by atoms with Gasteiger partial charge in [0, 0.05) is 11.1 Å². The molecule has 0 fully saturated rings. The number of nitrogens with zero attached hydrogens (tertiary/aromatic N) is 2. The monoisotopic (exact) mass is 579 g/mol. The summed E-state index contributed by atoms with van der Waals surface area (Å²) >= 11 is 0. The normalized spacial score (nSPS) is 13.7. The van der Waals surface area contributed by atoms with Crippen LogP contribution in [0.1, 0.15) is 9.60 Å². The van der Waals surface area contributed by atoms with E-state index in [0.29, 0.717) is 5.56 Å². The van der Waals surface area contributed by atoms with E-state index in [9.17, 15) is 2.74 Å². The molecule has 0 aliphatic rings. The molecule has 0 aliphatic heterocycles. The van der Waals surface area contributed by atoms with Crippen LogP contribution in [0.25, 0.3) is 82.7 Å². The lowest BCUT2D eigenvalue weighted by atomic mass is 9.85. The van der Waals surface area contributed by atoms with Crippen LogP contribution in [0.5, 0.6) is 0 Å². The highest BCUT2D eigenvalue weighted by Gasteiger charge is 2.21. The summed E-state index contributed by atoms with van der Waals surface area (Å²) in [7, 11) is 0. The SMILES string of the molecule is [2H]c1c([2H])c([2H])c2c([2H])c(-c3c4ccccc4c(-c4ccccc4-n4c(-c5ccccc5)nc5ccccc54)c4ccccc34)c([2H])c([2H])c2c1[2H]. The zero-order chi connectivity index (χ0) is 35.8. The summed E-state index contributed by atoms with van der Waals surface area (Å²) in [6.07, 6.45) is 0. The second-order valence-corrected chi connectivity index (χ2v) is 11.0. The molecule has 9 aromatic rings. The van der Waals surface area contributed by atoms with Crippen LogP contribution >= 0.6 is 0 Å². The molecule has 0 unspecified atom stereocenters. The van der Waals surface area contributed by atoms with E-state index in [1.165, 1.54) is 0 Å². The Morgan fingerprint density at radius 1 is 0.489 bits per heavy atom. The van der Waals surface area contributed by atoms with E-state index in [1.807, 2.05) is 97.1 Å². The third-order valence-corrected chi connectivity index (χ3v) is 8.44. The van der Waals surface area contributed by atoms with Gasteiger partial charge in [0.1, 0.15) is 5.82 Å². The number of hydrogen-bond acceptors (Lipinski definition) is 1. The second kappa shape index (κ2) is 10.3. The van der Waals surface area contributed by atoms with Gasteiger partial charge in [-0.25, -0.2) is 4.98 Å². The molecule has 0 bridgehead atoms. The van der Waals surface area contributed by atoms with E-state index in [2.05, 4.69) is 34.9 Å². The molecule has 0 spiro atoms. The van der Waals surface area contributed by atoms with Gasteiger partial charge in [-0.2, -0.15) is 0 Å². The third-order valence-electron chi connectivity index (χ3n) is 8.44. The minimum Gasteiger partial charge on any atom is -0.292 e. The van der Waals surface area contributed by atoms with Crippen molar-refractivity contribution < 1.29 is 9.60 Å². The second-order valence-electron chi connectivity index (χ2n) is 11.0. The van der Waals surface area contributed by atoms with Gasteiger partial charge < -0.3 is 0 Å². The summed E-state index contributed by atoms with van der Waals surface area (Å²) in [5.41, 5.74) is 6.36. The number of fused-ring (bicyclic) bond motifs is 4. The van der Waals surface area contributed by atoms with Gasteiger partial charge in [-0.3, -0.25) is 4.57 Å². The molecular weight excluding hydrogens is 544 g/mol. The molecule has 0 N–H and O–H groups in total. The average Bonchev–Trinajstić information content (AvgIpc) is 3.57. The van der Waals surface area contributed by atoms with Crippen LogP contribution in [-0.4, -0.2) is 9.55 Å². The Labute approximate surface area is 271 Å². The first-order valence-corrected chi connectivity index (χ1v) is 14.8. The van der Waals surface area contributed by atoms with Gasteiger partial charge in [-0.1, -0.05) is 145 Å². The van der Waals surface area contributed by atoms with E-state index in [0.717, 1.165) is 60.8 Å². The average molecular weight is 580 g/mol. The fourth-order valence-corrected chi connectivity index (χ4v) is 6.52. The molecule has 0 saturated heterocycles. The zero-order valence-corrected chi connectivity index (χ0v) is 24.0. The molecule has 210 valence electrons. The summed E-state index contributed by atoms with van der Waals surface area (Å²) in [5.74, 6) is 0.806. The minimum atomic E-state index is -0.488. The highest BCUT2D eigenvalue weighted by Crippen LogP contribution is 2.46. The molecule has 2 heteroatoms. The van der Waals surface area contributed by atoms with E-state index in [1.54, 1.807) is 0 Å². The molecule has 0 atom stereocenters. The Bertz CT molecular complexity index is 2880. The van der Waals surface area contributed by atoms with Gasteiger partial charge in [0.05, 0.1) is 26.3 Å². The van der Waals surface area contributed by atoms with Crippen molar-refractivity contribution in [2.45, 2.75) is 0 Å². The van der Waals surface area contributed by atoms with Crippen LogP contribution in [-0.2, 0) is 0 Å². The fourth-order valence-electron chi connectivity index (χ4n) is 6.52. The van der Waals surface area contributed by atoms with Crippen molar-refractivity contribution in [3.05, 3.63) is 170 Å². The Morgan fingerprint density at radius 3 is 1.84 bits per heavy atom. The predicted molar refractivity (Wildman–Crippen MR) is 190 cm³/mol. The number of aromatic nitrogens is 2. The summed E-state index contributed by atoms with van der Waals surface area (Å²) in [5, 5.41) is 3.07. The summed E-state index contributed by atoms with van der Waals surface area (Å²) < 4.78 is 63.7. The largest absolute Gasteiger partial charge is 0.292 e. The zero-order valence-electron chi connectivity index (χ0n) is 31.0. The number of imidazole rings is 1. The molecule has 1 heterocycles. The van der Waals surface area contributed by atoms with Crippen LogP contribution < -0.4 is 0 Å². The van der Waals surface area contributed by atoms with Crippen molar-refractivity contribution in [2.24, 2.45) is 0 Å². The highest BCUT2D eigenvalue weighted by molar-refractivity contribution is 6.22. The standard InChI is InChI=1S/C43H28N2/c1-2-15-30(16-3-1)43-44-38-23-11-13-25-40(38)45(43)39-24-12-10-22-37(39)42-35-20-8-6-18-33(35)41(34-19-7-9-21-36(34)42)32-27-26-29-14-4-5-17-31(29)28-32/h1-28H/i4D,5D,14D,17D,26D,27D,28D. The van der Waals surface area contributed by atoms with E-state index >= 15 is 0 Å². The lowest BCUT2D eigenvalue weighted by Crippen LogP contribution is -2.01. The molecule has 9 rings (SSSR count). The van der Waals surface area contributed by atoms with Gasteiger partial charge in [0.2, 0.25) is 0 Å². The topological polar surface area (TPSA) is 17.8 Å². The molecule has 8 aromatic carbocycles. The molecule has 0 radical (unpaired) electrons. The van der Waals surface area contributed by atoms with E-state index < -0.39 is 24.2 Å². The molecule has 0 amide bonds. The van der Waals surface area contributed by atoms with E-state index in [-0.39, 0.29) is 34.5 Å². The van der Waals surface area contributed by atoms with Crippen molar-refractivity contribution >= 4 is 43.4 Å². The van der Waals surface area contributed by atoms with Crippen molar-refractivity contribution in [2.75, 3.05) is 0 Å². The molecule has 0 saturated carbocycles. The van der Waals surface area contributed by atoms with Crippen LogP contribution in [0.4, 0.5) is 0 Å². The summed E-state index contributed by atoms with van der Waals surface area (Å²) in [6.45, 7) is 0. The minimum absolute atomic E-state index is 0.0648. The maximum absolute atomic E-state index is 9.44. The predicted octanol–water partition coefficient (Wildman–Crippen LogP) is 11.5. The van der Waals surface area contributed by atoms with E-state index in [4.69, 9.17) is 11.8 Å². The Balaban J connectivity index is 1.42. The molecule has 45 heavy (non-hydrogen) atoms. The lowest BCUT2D eigenvalue weighted by molar-refractivity contribution is 1.10. The van der Waals surface area contributed by atoms with Crippen LogP contribution in [0, 0.1) is 0 Å². The van der Waals surface area contributed by atoms with Gasteiger partial charge in [0.25, 0.3) is 0 Å². The Kier molecular flexibility index (Phi) is 4.43. The lowest BCUT2D eigenvalue weighted by Gasteiger charge is -2.21. The van der Waals surface area contributed by atoms with Crippen LogP contribution in [0.3, 0.4) is 0 Å². The Morgan fingerprint density at radius 2 is 1.09 bits per heavy atom. The maximum Gasteiger partial charge on any atom is 0.145 e. The van der Waals surface area contributed by atoms with Gasteiger partial charge in [-0.15, -0.1) is 0 Å². The van der Waals surface area contributed by atoms with Crippen LogP contribution in [0.2, 0.25) is 0 Å². The maximum atomic E-state index is 9.44. The first-order valence-electron chi connectivity index (χ1n) is 18.3. The molecule has 1 aromatic heterocycles. The molecular formula is C43H28N2. The number of hydrogen-bond donors (Lipinski definition) is 0. The van der Waals surface area contributed by atoms with Crippen molar-refractivity contribution in [3.63, 3.8) is 0 Å². The summed E-state index contributed by atoms with van der Waals surface area (Å²) in [6, 6.07) is 39.6. The Hall–Kier alpha value is -5.99. The third kappa shape index (κ3) is 4.07. The number of rotatable bonds is 4. The van der Waals surface area contributed by atoms with Gasteiger partial charge in [0.15, 0.2) is 0 Å².